The third kappa shape index (κ3) is 3.07. The Balaban J connectivity index is 1.38. The summed E-state index contributed by atoms with van der Waals surface area (Å²) < 4.78 is 18.7. The van der Waals surface area contributed by atoms with Gasteiger partial charge in [-0.1, -0.05) is 11.6 Å². The second-order valence-electron chi connectivity index (χ2n) is 7.29. The number of aromatic nitrogens is 6. The van der Waals surface area contributed by atoms with Crippen LogP contribution in [0.25, 0.3) is 11.2 Å². The van der Waals surface area contributed by atoms with Crippen LogP contribution >= 0.6 is 11.6 Å². The van der Waals surface area contributed by atoms with Crippen LogP contribution in [-0.4, -0.2) is 72.1 Å². The van der Waals surface area contributed by atoms with Gasteiger partial charge in [0.05, 0.1) is 30.3 Å². The number of pyridine rings is 1. The maximum Gasteiger partial charge on any atom is 0.296 e. The average molecular weight is 438 g/mol. The van der Waals surface area contributed by atoms with E-state index in [4.69, 9.17) is 37.4 Å². The summed E-state index contributed by atoms with van der Waals surface area (Å²) in [5.41, 5.74) is 5.92. The van der Waals surface area contributed by atoms with Gasteiger partial charge in [-0.05, 0) is 6.07 Å². The topological polar surface area (TPSA) is 175 Å². The zero-order valence-corrected chi connectivity index (χ0v) is 16.7. The molecule has 0 radical (unpaired) electrons. The minimum Gasteiger partial charge on any atom is -0.454 e. The summed E-state index contributed by atoms with van der Waals surface area (Å²) in [5.74, 6) is 7.11. The molecule has 2 aliphatic rings. The van der Waals surface area contributed by atoms with Gasteiger partial charge >= 0.3 is 0 Å². The molecule has 0 spiro atoms. The Morgan fingerprint density at radius 2 is 2.30 bits per heavy atom. The Labute approximate surface area is 174 Å². The lowest BCUT2D eigenvalue weighted by Gasteiger charge is -2.27. The van der Waals surface area contributed by atoms with E-state index in [-0.39, 0.29) is 25.8 Å². The van der Waals surface area contributed by atoms with Crippen LogP contribution in [0.5, 0.6) is 6.01 Å². The lowest BCUT2D eigenvalue weighted by Crippen LogP contribution is -2.57. The summed E-state index contributed by atoms with van der Waals surface area (Å²) in [4.78, 5) is 11.8. The second kappa shape index (κ2) is 7.01. The van der Waals surface area contributed by atoms with Gasteiger partial charge in [0, 0.05) is 7.05 Å². The second-order valence-corrected chi connectivity index (χ2v) is 7.69. The molecule has 4 atom stereocenters. The number of rotatable bonds is 5. The number of ether oxygens (including phenoxy) is 3. The molecule has 5 heterocycles. The van der Waals surface area contributed by atoms with E-state index < -0.39 is 24.0 Å². The van der Waals surface area contributed by atoms with E-state index in [1.165, 1.54) is 5.01 Å². The number of imidazole rings is 1. The molecule has 3 aromatic rings. The Morgan fingerprint density at radius 3 is 3.07 bits per heavy atom. The number of nitrogens with one attached hydrogen (secondary N) is 1. The maximum absolute atomic E-state index is 9.92. The number of aliphatic hydroxyl groups excluding tert-OH is 1. The summed E-state index contributed by atoms with van der Waals surface area (Å²) in [7, 11) is 1.81. The number of anilines is 1. The largest absolute Gasteiger partial charge is 0.454 e. The quantitative estimate of drug-likeness (QED) is 0.279. The van der Waals surface area contributed by atoms with Crippen molar-refractivity contribution in [1.82, 2.24) is 29.7 Å². The number of aromatic amines is 1. The number of aryl methyl sites for hydroxylation is 1. The van der Waals surface area contributed by atoms with E-state index >= 15 is 0 Å². The van der Waals surface area contributed by atoms with Crippen molar-refractivity contribution in [3.63, 3.8) is 0 Å². The molecule has 13 nitrogen and oxygen atoms in total. The molecule has 0 amide bonds. The molecule has 0 bridgehead atoms. The van der Waals surface area contributed by atoms with E-state index in [9.17, 15) is 5.11 Å². The van der Waals surface area contributed by atoms with E-state index in [1.807, 2.05) is 7.05 Å². The summed E-state index contributed by atoms with van der Waals surface area (Å²) in [6.07, 6.45) is -0.533. The highest BCUT2D eigenvalue weighted by Gasteiger charge is 2.59. The molecule has 2 fully saturated rings. The van der Waals surface area contributed by atoms with Crippen LogP contribution < -0.4 is 21.3 Å². The molecule has 2 saturated heterocycles. The van der Waals surface area contributed by atoms with Gasteiger partial charge in [-0.25, -0.2) is 10.8 Å². The number of hydrazine groups is 1. The average Bonchev–Trinajstić information content (AvgIpc) is 3.43. The number of nitrogens with two attached hydrogens (primary N) is 2. The van der Waals surface area contributed by atoms with Gasteiger partial charge in [-0.15, -0.1) is 10.2 Å². The third-order valence-electron chi connectivity index (χ3n) is 5.26. The Bertz CT molecular complexity index is 1090. The monoisotopic (exact) mass is 437 g/mol. The van der Waals surface area contributed by atoms with Crippen molar-refractivity contribution in [3.05, 3.63) is 23.2 Å². The number of hydrogen-bond acceptors (Lipinski definition) is 11. The van der Waals surface area contributed by atoms with Gasteiger partial charge in [0.15, 0.2) is 29.1 Å². The summed E-state index contributed by atoms with van der Waals surface area (Å²) >= 11 is 6.37. The molecule has 30 heavy (non-hydrogen) atoms. The van der Waals surface area contributed by atoms with Gasteiger partial charge < -0.3 is 28.9 Å². The minimum absolute atomic E-state index is 0.0829. The van der Waals surface area contributed by atoms with Crippen molar-refractivity contribution < 1.29 is 19.3 Å². The highest BCUT2D eigenvalue weighted by Crippen LogP contribution is 2.36. The predicted molar refractivity (Wildman–Crippen MR) is 103 cm³/mol. The van der Waals surface area contributed by atoms with Crippen LogP contribution in [0.1, 0.15) is 5.82 Å². The Morgan fingerprint density at radius 1 is 1.47 bits per heavy atom. The van der Waals surface area contributed by atoms with Crippen molar-refractivity contribution in [3.8, 4) is 6.01 Å². The first-order valence-corrected chi connectivity index (χ1v) is 9.53. The van der Waals surface area contributed by atoms with Crippen LogP contribution in [0.2, 0.25) is 5.02 Å². The molecular formula is C16H20ClN9O4. The molecule has 6 N–H and O–H groups in total. The minimum atomic E-state index is -1.25. The number of aliphatic hydroxyl groups is 1. The van der Waals surface area contributed by atoms with E-state index in [0.717, 1.165) is 0 Å². The van der Waals surface area contributed by atoms with Crippen molar-refractivity contribution in [1.29, 1.82) is 0 Å². The van der Waals surface area contributed by atoms with E-state index in [1.54, 1.807) is 17.0 Å². The van der Waals surface area contributed by atoms with Gasteiger partial charge in [0.1, 0.15) is 18.5 Å². The molecule has 14 heteroatoms. The molecule has 3 aromatic heterocycles. The summed E-state index contributed by atoms with van der Waals surface area (Å²) in [5, 5.41) is 19.4. The SMILES string of the molecule is Cn1cnnc1CN(N)c1nc2nc(O[C@@H]3CO[C@@H]4[C@H](O)CO[C@@]43N)[nH]c2cc1Cl. The molecule has 0 unspecified atom stereocenters. The fourth-order valence-electron chi connectivity index (χ4n) is 3.62. The van der Waals surface area contributed by atoms with Gasteiger partial charge in [0.2, 0.25) is 0 Å². The predicted octanol–water partition coefficient (Wildman–Crippen LogP) is -1.19. The molecule has 0 aliphatic carbocycles. The lowest BCUT2D eigenvalue weighted by atomic mass is 10.0. The first-order chi connectivity index (χ1) is 14.3. The Kier molecular flexibility index (Phi) is 4.53. The zero-order chi connectivity index (χ0) is 21.0. The number of halogens is 1. The van der Waals surface area contributed by atoms with Crippen molar-refractivity contribution in [2.45, 2.75) is 30.6 Å². The van der Waals surface area contributed by atoms with E-state index in [2.05, 4.69) is 25.1 Å². The van der Waals surface area contributed by atoms with Crippen LogP contribution in [0.4, 0.5) is 5.82 Å². The molecule has 2 aliphatic heterocycles. The first kappa shape index (κ1) is 19.4. The highest BCUT2D eigenvalue weighted by molar-refractivity contribution is 6.33. The third-order valence-corrected chi connectivity index (χ3v) is 5.54. The summed E-state index contributed by atoms with van der Waals surface area (Å²) in [6.45, 7) is 0.487. The fourth-order valence-corrected chi connectivity index (χ4v) is 3.88. The molecule has 5 rings (SSSR count). The van der Waals surface area contributed by atoms with Crippen LogP contribution in [0.15, 0.2) is 12.4 Å². The van der Waals surface area contributed by atoms with Gasteiger partial charge in [-0.3, -0.25) is 10.7 Å². The van der Waals surface area contributed by atoms with Crippen molar-refractivity contribution >= 4 is 28.6 Å². The molecule has 0 aromatic carbocycles. The van der Waals surface area contributed by atoms with Crippen LogP contribution in [-0.2, 0) is 23.1 Å². The number of hydrogen-bond donors (Lipinski definition) is 4. The van der Waals surface area contributed by atoms with Gasteiger partial charge in [-0.2, -0.15) is 4.98 Å². The zero-order valence-electron chi connectivity index (χ0n) is 15.9. The van der Waals surface area contributed by atoms with Crippen molar-refractivity contribution in [2.24, 2.45) is 18.6 Å². The summed E-state index contributed by atoms with van der Waals surface area (Å²) in [6, 6.07) is 1.82. The normalized spacial score (nSPS) is 28.2. The fraction of sp³-hybridized carbons (Fsp3) is 0.500. The van der Waals surface area contributed by atoms with Crippen molar-refractivity contribution in [2.75, 3.05) is 18.2 Å². The standard InChI is InChI=1S/C16H20ClN9O4/c1-25-6-20-24-11(25)3-26(19)14-7(17)2-8-13(22-14)23-15(21-8)30-10-5-28-12-9(27)4-29-16(10,12)18/h2,6,9-10,12,27H,3-5,18-19H2,1H3,(H,21,22,23)/t9-,10-,12-,16-/m1/s1. The van der Waals surface area contributed by atoms with E-state index in [0.29, 0.717) is 27.8 Å². The maximum atomic E-state index is 9.92. The number of nitrogens with zero attached hydrogens (tertiary/aromatic N) is 6. The van der Waals surface area contributed by atoms with Crippen LogP contribution in [0.3, 0.4) is 0 Å². The Hall–Kier alpha value is -2.55. The molecule has 0 saturated carbocycles. The molecule has 160 valence electrons. The van der Waals surface area contributed by atoms with Crippen LogP contribution in [0, 0.1) is 0 Å². The first-order valence-electron chi connectivity index (χ1n) is 9.15. The lowest BCUT2D eigenvalue weighted by molar-refractivity contribution is -0.0647. The smallest absolute Gasteiger partial charge is 0.296 e. The highest BCUT2D eigenvalue weighted by atomic mass is 35.5. The number of H-pyrrole nitrogens is 1. The molecular weight excluding hydrogens is 418 g/mol. The van der Waals surface area contributed by atoms with Gasteiger partial charge in [0.25, 0.3) is 6.01 Å². The number of fused-ring (bicyclic) bond motifs is 2.